The molecule has 1 amide bonds. The van der Waals surface area contributed by atoms with Crippen LogP contribution in [0.25, 0.3) is 0 Å². The molecule has 0 aliphatic heterocycles. The monoisotopic (exact) mass is 337 g/mol. The van der Waals surface area contributed by atoms with E-state index in [2.05, 4.69) is 53.5 Å². The van der Waals surface area contributed by atoms with E-state index in [9.17, 15) is 4.79 Å². The van der Waals surface area contributed by atoms with E-state index in [1.165, 1.54) is 6.26 Å². The molecule has 24 heavy (non-hydrogen) atoms. The van der Waals surface area contributed by atoms with Crippen LogP contribution in [-0.4, -0.2) is 62.1 Å². The highest BCUT2D eigenvalue weighted by atomic mass is 16.3. The third-order valence-corrected chi connectivity index (χ3v) is 3.66. The Morgan fingerprint density at radius 2 is 1.75 bits per heavy atom. The Morgan fingerprint density at radius 1 is 1.12 bits per heavy atom. The SMILES string of the molecule is CN=C(NCCNC(=O)c1ccco1)NCCN(C(C)C)C(C)C. The number of nitrogens with one attached hydrogen (secondary N) is 3. The molecule has 0 aliphatic carbocycles. The predicted octanol–water partition coefficient (Wildman–Crippen LogP) is 1.29. The number of aliphatic imine (C=N–C) groups is 1. The normalized spacial score (nSPS) is 12.1. The molecular weight excluding hydrogens is 306 g/mol. The second kappa shape index (κ2) is 10.7. The Bertz CT molecular complexity index is 489. The van der Waals surface area contributed by atoms with Crippen molar-refractivity contribution < 1.29 is 9.21 Å². The standard InChI is InChI=1S/C17H31N5O2/c1-13(2)22(14(3)4)11-10-21-17(18-5)20-9-8-19-16(23)15-7-6-12-24-15/h6-7,12-14H,8-11H2,1-5H3,(H,19,23)(H2,18,20,21). The lowest BCUT2D eigenvalue weighted by Crippen LogP contribution is -2.46. The molecule has 0 saturated heterocycles. The van der Waals surface area contributed by atoms with Gasteiger partial charge in [0.05, 0.1) is 6.26 Å². The van der Waals surface area contributed by atoms with E-state index in [1.54, 1.807) is 19.2 Å². The van der Waals surface area contributed by atoms with E-state index in [1.807, 2.05) is 0 Å². The molecule has 1 rings (SSSR count). The van der Waals surface area contributed by atoms with Gasteiger partial charge in [0.1, 0.15) is 0 Å². The minimum atomic E-state index is -0.214. The zero-order chi connectivity index (χ0) is 17.9. The van der Waals surface area contributed by atoms with Gasteiger partial charge in [-0.05, 0) is 39.8 Å². The van der Waals surface area contributed by atoms with Gasteiger partial charge in [-0.1, -0.05) is 0 Å². The van der Waals surface area contributed by atoms with Crippen molar-refractivity contribution in [2.45, 2.75) is 39.8 Å². The fourth-order valence-corrected chi connectivity index (χ4v) is 2.49. The maximum atomic E-state index is 11.7. The molecule has 0 fully saturated rings. The van der Waals surface area contributed by atoms with Crippen LogP contribution in [0.3, 0.4) is 0 Å². The van der Waals surface area contributed by atoms with Gasteiger partial charge in [0.25, 0.3) is 5.91 Å². The summed E-state index contributed by atoms with van der Waals surface area (Å²) in [6, 6.07) is 4.35. The molecule has 1 aromatic heterocycles. The summed E-state index contributed by atoms with van der Waals surface area (Å²) < 4.78 is 5.04. The lowest BCUT2D eigenvalue weighted by atomic mass is 10.2. The molecule has 0 aromatic carbocycles. The maximum Gasteiger partial charge on any atom is 0.287 e. The highest BCUT2D eigenvalue weighted by Crippen LogP contribution is 2.03. The molecule has 1 heterocycles. The van der Waals surface area contributed by atoms with E-state index in [0.29, 0.717) is 30.9 Å². The predicted molar refractivity (Wildman–Crippen MR) is 97.4 cm³/mol. The van der Waals surface area contributed by atoms with Crippen LogP contribution in [0.4, 0.5) is 0 Å². The molecule has 0 aliphatic rings. The van der Waals surface area contributed by atoms with E-state index in [4.69, 9.17) is 4.42 Å². The fraction of sp³-hybridized carbons (Fsp3) is 0.647. The molecule has 0 atom stereocenters. The van der Waals surface area contributed by atoms with Crippen LogP contribution < -0.4 is 16.0 Å². The molecule has 0 unspecified atom stereocenters. The molecule has 136 valence electrons. The lowest BCUT2D eigenvalue weighted by molar-refractivity contribution is 0.0926. The fourth-order valence-electron chi connectivity index (χ4n) is 2.49. The second-order valence-electron chi connectivity index (χ2n) is 6.08. The van der Waals surface area contributed by atoms with Crippen LogP contribution in [0.5, 0.6) is 0 Å². The molecule has 0 saturated carbocycles. The zero-order valence-electron chi connectivity index (χ0n) is 15.4. The highest BCUT2D eigenvalue weighted by molar-refractivity contribution is 5.91. The van der Waals surface area contributed by atoms with Crippen LogP contribution in [-0.2, 0) is 0 Å². The van der Waals surface area contributed by atoms with Crippen molar-refractivity contribution in [3.05, 3.63) is 24.2 Å². The smallest absolute Gasteiger partial charge is 0.287 e. The number of furan rings is 1. The summed E-state index contributed by atoms with van der Waals surface area (Å²) in [4.78, 5) is 18.3. The van der Waals surface area contributed by atoms with Crippen molar-refractivity contribution in [2.75, 3.05) is 33.2 Å². The Hall–Kier alpha value is -2.02. The van der Waals surface area contributed by atoms with Crippen LogP contribution in [0, 0.1) is 0 Å². The topological polar surface area (TPSA) is 81.9 Å². The van der Waals surface area contributed by atoms with Crippen LogP contribution in [0.15, 0.2) is 27.8 Å². The van der Waals surface area contributed by atoms with Crippen molar-refractivity contribution in [2.24, 2.45) is 4.99 Å². The molecular formula is C17H31N5O2. The van der Waals surface area contributed by atoms with Gasteiger partial charge >= 0.3 is 0 Å². The van der Waals surface area contributed by atoms with Gasteiger partial charge in [-0.2, -0.15) is 0 Å². The third-order valence-electron chi connectivity index (χ3n) is 3.66. The average Bonchev–Trinajstić information content (AvgIpc) is 3.06. The van der Waals surface area contributed by atoms with E-state index in [-0.39, 0.29) is 5.91 Å². The van der Waals surface area contributed by atoms with Gasteiger partial charge in [-0.3, -0.25) is 14.7 Å². The average molecular weight is 337 g/mol. The second-order valence-corrected chi connectivity index (χ2v) is 6.08. The Balaban J connectivity index is 2.22. The van der Waals surface area contributed by atoms with Gasteiger partial charge in [0.2, 0.25) is 0 Å². The van der Waals surface area contributed by atoms with E-state index < -0.39 is 0 Å². The van der Waals surface area contributed by atoms with Crippen LogP contribution in [0.1, 0.15) is 38.2 Å². The number of amides is 1. The summed E-state index contributed by atoms with van der Waals surface area (Å²) >= 11 is 0. The first-order chi connectivity index (χ1) is 11.5. The lowest BCUT2D eigenvalue weighted by Gasteiger charge is -2.30. The number of hydrogen-bond acceptors (Lipinski definition) is 4. The number of rotatable bonds is 9. The van der Waals surface area contributed by atoms with Crippen molar-refractivity contribution >= 4 is 11.9 Å². The minimum Gasteiger partial charge on any atom is -0.459 e. The van der Waals surface area contributed by atoms with Gasteiger partial charge < -0.3 is 20.4 Å². The van der Waals surface area contributed by atoms with Crippen molar-refractivity contribution in [3.8, 4) is 0 Å². The minimum absolute atomic E-state index is 0.214. The van der Waals surface area contributed by atoms with E-state index in [0.717, 1.165) is 19.0 Å². The molecule has 7 nitrogen and oxygen atoms in total. The van der Waals surface area contributed by atoms with E-state index >= 15 is 0 Å². The van der Waals surface area contributed by atoms with Gasteiger partial charge in [0.15, 0.2) is 11.7 Å². The Kier molecular flexibility index (Phi) is 8.93. The third kappa shape index (κ3) is 7.04. The Labute approximate surface area is 144 Å². The first kappa shape index (κ1) is 20.0. The molecule has 3 N–H and O–H groups in total. The molecule has 1 aromatic rings. The van der Waals surface area contributed by atoms with Crippen LogP contribution in [0.2, 0.25) is 0 Å². The number of guanidine groups is 1. The molecule has 7 heteroatoms. The summed E-state index contributed by atoms with van der Waals surface area (Å²) in [5.41, 5.74) is 0. The first-order valence-electron chi connectivity index (χ1n) is 8.47. The number of hydrogen-bond donors (Lipinski definition) is 3. The van der Waals surface area contributed by atoms with Crippen LogP contribution >= 0.6 is 0 Å². The summed E-state index contributed by atoms with van der Waals surface area (Å²) in [6.07, 6.45) is 1.48. The summed E-state index contributed by atoms with van der Waals surface area (Å²) in [5, 5.41) is 9.25. The van der Waals surface area contributed by atoms with Crippen molar-refractivity contribution in [1.29, 1.82) is 0 Å². The number of nitrogens with zero attached hydrogens (tertiary/aromatic N) is 2. The number of carbonyl (C=O) groups is 1. The summed E-state index contributed by atoms with van der Waals surface area (Å²) in [7, 11) is 1.74. The molecule has 0 radical (unpaired) electrons. The van der Waals surface area contributed by atoms with Gasteiger partial charge in [0, 0.05) is 45.3 Å². The maximum absolute atomic E-state index is 11.7. The van der Waals surface area contributed by atoms with Gasteiger partial charge in [-0.15, -0.1) is 0 Å². The first-order valence-corrected chi connectivity index (χ1v) is 8.47. The molecule has 0 bridgehead atoms. The Morgan fingerprint density at radius 3 is 2.29 bits per heavy atom. The summed E-state index contributed by atoms with van der Waals surface area (Å²) in [6.45, 7) is 11.7. The van der Waals surface area contributed by atoms with Crippen molar-refractivity contribution in [1.82, 2.24) is 20.9 Å². The number of carbonyl (C=O) groups excluding carboxylic acids is 1. The van der Waals surface area contributed by atoms with Crippen molar-refractivity contribution in [3.63, 3.8) is 0 Å². The largest absolute Gasteiger partial charge is 0.459 e. The highest BCUT2D eigenvalue weighted by Gasteiger charge is 2.12. The zero-order valence-corrected chi connectivity index (χ0v) is 15.4. The van der Waals surface area contributed by atoms with Gasteiger partial charge in [-0.25, -0.2) is 0 Å². The molecule has 0 spiro atoms. The summed E-state index contributed by atoms with van der Waals surface area (Å²) in [5.74, 6) is 0.837. The quantitative estimate of drug-likeness (QED) is 0.359.